The molecule has 12 heteroatoms. The predicted molar refractivity (Wildman–Crippen MR) is 106 cm³/mol. The van der Waals surface area contributed by atoms with Gasteiger partial charge in [-0.05, 0) is 24.6 Å². The molecule has 0 fully saturated rings. The van der Waals surface area contributed by atoms with Crippen LogP contribution in [0.2, 0.25) is 5.02 Å². The van der Waals surface area contributed by atoms with Crippen LogP contribution in [-0.4, -0.2) is 52.3 Å². The molecule has 0 spiro atoms. The highest BCUT2D eigenvalue weighted by Crippen LogP contribution is 2.34. The summed E-state index contributed by atoms with van der Waals surface area (Å²) in [6, 6.07) is 2.33. The molecule has 0 radical (unpaired) electrons. The molecule has 1 atom stereocenters. The summed E-state index contributed by atoms with van der Waals surface area (Å²) in [6.45, 7) is 0.405. The highest BCUT2D eigenvalue weighted by Gasteiger charge is 2.35. The number of fused-ring (bicyclic) bond motifs is 1. The van der Waals surface area contributed by atoms with Gasteiger partial charge in [-0.15, -0.1) is 0 Å². The minimum atomic E-state index is -4.53. The van der Waals surface area contributed by atoms with Gasteiger partial charge >= 0.3 is 6.18 Å². The Kier molecular flexibility index (Phi) is 6.97. The third kappa shape index (κ3) is 5.16. The minimum Gasteiger partial charge on any atom is -0.467 e. The van der Waals surface area contributed by atoms with Crippen molar-refractivity contribution in [2.45, 2.75) is 32.1 Å². The van der Waals surface area contributed by atoms with Crippen LogP contribution in [0, 0.1) is 0 Å². The van der Waals surface area contributed by atoms with Crippen molar-refractivity contribution < 1.29 is 32.3 Å². The number of carbonyl (C=O) groups excluding carboxylic acids is 3. The van der Waals surface area contributed by atoms with E-state index in [1.54, 1.807) is 6.92 Å². The maximum Gasteiger partial charge on any atom is 0.422 e. The van der Waals surface area contributed by atoms with E-state index in [4.69, 9.17) is 11.6 Å². The van der Waals surface area contributed by atoms with Gasteiger partial charge in [-0.1, -0.05) is 11.6 Å². The van der Waals surface area contributed by atoms with Crippen LogP contribution < -0.4 is 10.1 Å². The number of halogens is 4. The van der Waals surface area contributed by atoms with Crippen molar-refractivity contribution in [3.05, 3.63) is 51.9 Å². The van der Waals surface area contributed by atoms with E-state index in [-0.39, 0.29) is 42.0 Å². The van der Waals surface area contributed by atoms with Crippen molar-refractivity contribution in [3.8, 4) is 5.88 Å². The topological polar surface area (TPSA) is 101 Å². The van der Waals surface area contributed by atoms with Gasteiger partial charge in [0.25, 0.3) is 11.8 Å². The number of pyridine rings is 2. The second-order valence-electron chi connectivity index (χ2n) is 6.97. The molecule has 170 valence electrons. The molecule has 0 bridgehead atoms. The normalized spacial score (nSPS) is 14.2. The van der Waals surface area contributed by atoms with E-state index in [9.17, 15) is 27.6 Å². The monoisotopic (exact) mass is 470 g/mol. The molecule has 3 rings (SSSR count). The second kappa shape index (κ2) is 9.51. The minimum absolute atomic E-state index is 0.0866. The van der Waals surface area contributed by atoms with Crippen LogP contribution in [0.5, 0.6) is 5.88 Å². The van der Waals surface area contributed by atoms with E-state index >= 15 is 0 Å². The molecular weight excluding hydrogens is 453 g/mol. The molecule has 0 aromatic carbocycles. The predicted octanol–water partition coefficient (Wildman–Crippen LogP) is 3.11. The van der Waals surface area contributed by atoms with Crippen LogP contribution >= 0.6 is 11.6 Å². The number of aromatic nitrogens is 2. The molecule has 3 heterocycles. The fraction of sp³-hybridized carbons (Fsp3) is 0.350. The fourth-order valence-electron chi connectivity index (χ4n) is 3.19. The van der Waals surface area contributed by atoms with Gasteiger partial charge in [0, 0.05) is 43.0 Å². The summed E-state index contributed by atoms with van der Waals surface area (Å²) in [5.41, 5.74) is 1.32. The summed E-state index contributed by atoms with van der Waals surface area (Å²) in [4.78, 5) is 45.2. The van der Waals surface area contributed by atoms with E-state index in [0.29, 0.717) is 23.0 Å². The highest BCUT2D eigenvalue weighted by atomic mass is 35.5. The number of aldehydes is 1. The quantitative estimate of drug-likeness (QED) is 0.470. The second-order valence-corrected chi connectivity index (χ2v) is 7.37. The summed E-state index contributed by atoms with van der Waals surface area (Å²) >= 11 is 6.02. The smallest absolute Gasteiger partial charge is 0.422 e. The van der Waals surface area contributed by atoms with E-state index < -0.39 is 24.7 Å². The Balaban J connectivity index is 1.78. The van der Waals surface area contributed by atoms with E-state index in [1.807, 2.05) is 0 Å². The van der Waals surface area contributed by atoms with Gasteiger partial charge < -0.3 is 19.7 Å². The van der Waals surface area contributed by atoms with Gasteiger partial charge in [-0.3, -0.25) is 14.6 Å². The Morgan fingerprint density at radius 2 is 2.16 bits per heavy atom. The largest absolute Gasteiger partial charge is 0.467 e. The lowest BCUT2D eigenvalue weighted by Crippen LogP contribution is -2.28. The first-order chi connectivity index (χ1) is 15.1. The van der Waals surface area contributed by atoms with Crippen molar-refractivity contribution in [2.24, 2.45) is 0 Å². The lowest BCUT2D eigenvalue weighted by atomic mass is 10.1. The average molecular weight is 471 g/mol. The molecule has 2 amide bonds. The molecule has 1 aliphatic heterocycles. The number of nitrogens with one attached hydrogen (secondary N) is 1. The van der Waals surface area contributed by atoms with E-state index in [0.717, 1.165) is 0 Å². The third-order valence-electron chi connectivity index (χ3n) is 4.79. The molecular formula is C20H18ClF3N4O4. The molecule has 2 aromatic rings. The summed E-state index contributed by atoms with van der Waals surface area (Å²) < 4.78 is 41.6. The van der Waals surface area contributed by atoms with Gasteiger partial charge in [-0.2, -0.15) is 13.2 Å². The number of hydrogen-bond donors (Lipinski definition) is 1. The van der Waals surface area contributed by atoms with Crippen molar-refractivity contribution in [1.82, 2.24) is 20.2 Å². The number of carbonyl (C=O) groups is 3. The Morgan fingerprint density at radius 1 is 1.41 bits per heavy atom. The Labute approximate surface area is 185 Å². The average Bonchev–Trinajstić information content (AvgIpc) is 3.08. The zero-order valence-electron chi connectivity index (χ0n) is 16.8. The van der Waals surface area contributed by atoms with Gasteiger partial charge in [-0.25, -0.2) is 4.98 Å². The van der Waals surface area contributed by atoms with Crippen LogP contribution in [0.25, 0.3) is 0 Å². The van der Waals surface area contributed by atoms with E-state index in [1.165, 1.54) is 29.4 Å². The zero-order chi connectivity index (χ0) is 23.5. The summed E-state index contributed by atoms with van der Waals surface area (Å²) in [5.74, 6) is -1.21. The Hall–Kier alpha value is -3.21. The third-order valence-corrected chi connectivity index (χ3v) is 5.06. The maximum absolute atomic E-state index is 12.9. The standard InChI is InChI=1S/C20H18ClF3N4O4/c1-11(12-7-15(21)18(27-8-12)32-10-20(22,23)24)28-9-14-13(19(28)31)3-5-25-16(14)17(30)26-4-2-6-29/h3,5-8,11H,2,4,9-10H2,1H3,(H,26,30). The van der Waals surface area contributed by atoms with E-state index in [2.05, 4.69) is 20.0 Å². The molecule has 1 aliphatic rings. The molecule has 8 nitrogen and oxygen atoms in total. The van der Waals surface area contributed by atoms with Crippen molar-refractivity contribution >= 4 is 29.7 Å². The molecule has 0 saturated carbocycles. The molecule has 32 heavy (non-hydrogen) atoms. The van der Waals surface area contributed by atoms with Gasteiger partial charge in [0.1, 0.15) is 17.0 Å². The van der Waals surface area contributed by atoms with Gasteiger partial charge in [0.15, 0.2) is 6.61 Å². The number of ether oxygens (including phenoxy) is 1. The summed E-state index contributed by atoms with van der Waals surface area (Å²) in [7, 11) is 0. The fourth-order valence-corrected chi connectivity index (χ4v) is 3.42. The molecule has 1 N–H and O–H groups in total. The molecule has 1 unspecified atom stereocenters. The van der Waals surface area contributed by atoms with Crippen LogP contribution in [0.1, 0.15) is 51.4 Å². The number of hydrogen-bond acceptors (Lipinski definition) is 6. The van der Waals surface area contributed by atoms with Crippen LogP contribution in [0.4, 0.5) is 13.2 Å². The summed E-state index contributed by atoms with van der Waals surface area (Å²) in [6.07, 6.45) is -1.07. The Morgan fingerprint density at radius 3 is 2.81 bits per heavy atom. The molecule has 0 saturated heterocycles. The first-order valence-electron chi connectivity index (χ1n) is 9.48. The molecule has 2 aromatic heterocycles. The lowest BCUT2D eigenvalue weighted by molar-refractivity contribution is -0.154. The van der Waals surface area contributed by atoms with Crippen molar-refractivity contribution in [2.75, 3.05) is 13.2 Å². The SMILES string of the molecule is CC(c1cnc(OCC(F)(F)F)c(Cl)c1)N1Cc2c(ccnc2C(=O)NCCC=O)C1=O. The highest BCUT2D eigenvalue weighted by molar-refractivity contribution is 6.31. The van der Waals surface area contributed by atoms with Gasteiger partial charge in [0.05, 0.1) is 6.04 Å². The zero-order valence-corrected chi connectivity index (χ0v) is 17.5. The van der Waals surface area contributed by atoms with Crippen LogP contribution in [0.15, 0.2) is 24.5 Å². The molecule has 0 aliphatic carbocycles. The maximum atomic E-state index is 12.9. The number of alkyl halides is 3. The first kappa shape index (κ1) is 23.5. The Bertz CT molecular complexity index is 1050. The van der Waals surface area contributed by atoms with Crippen LogP contribution in [0.3, 0.4) is 0 Å². The number of rotatable bonds is 8. The first-order valence-corrected chi connectivity index (χ1v) is 9.86. The number of nitrogens with zero attached hydrogens (tertiary/aromatic N) is 3. The van der Waals surface area contributed by atoms with Gasteiger partial charge in [0.2, 0.25) is 5.88 Å². The van der Waals surface area contributed by atoms with Crippen LogP contribution in [-0.2, 0) is 11.3 Å². The lowest BCUT2D eigenvalue weighted by Gasteiger charge is -2.25. The number of amides is 2. The van der Waals surface area contributed by atoms with Crippen molar-refractivity contribution in [1.29, 1.82) is 0 Å². The van der Waals surface area contributed by atoms with Crippen molar-refractivity contribution in [3.63, 3.8) is 0 Å². The summed E-state index contributed by atoms with van der Waals surface area (Å²) in [5, 5.41) is 2.45.